The van der Waals surface area contributed by atoms with Crippen LogP contribution in [0.5, 0.6) is 0 Å². The molecule has 1 rings (SSSR count). The number of nitrogens with zero attached hydrogens (tertiary/aromatic N) is 2. The first-order valence-corrected chi connectivity index (χ1v) is 3.85. The molecular weight excluding hydrogens is 186 g/mol. The van der Waals surface area contributed by atoms with Gasteiger partial charge in [-0.2, -0.15) is 0 Å². The van der Waals surface area contributed by atoms with E-state index in [0.29, 0.717) is 5.69 Å². The lowest BCUT2D eigenvalue weighted by Gasteiger charge is -1.99. The van der Waals surface area contributed by atoms with Gasteiger partial charge in [0.1, 0.15) is 0 Å². The van der Waals surface area contributed by atoms with Crippen LogP contribution in [0.4, 0.5) is 11.4 Å². The molecular formula is C8H10N4O2. The molecule has 0 aromatic heterocycles. The van der Waals surface area contributed by atoms with E-state index in [9.17, 15) is 10.1 Å². The Kier molecular flexibility index (Phi) is 2.66. The molecule has 0 aliphatic heterocycles. The third-order valence-corrected chi connectivity index (χ3v) is 1.65. The summed E-state index contributed by atoms with van der Waals surface area (Å²) in [5.41, 5.74) is 11.5. The van der Waals surface area contributed by atoms with Crippen molar-refractivity contribution in [1.82, 2.24) is 0 Å². The zero-order chi connectivity index (χ0) is 10.7. The van der Waals surface area contributed by atoms with E-state index in [2.05, 4.69) is 4.99 Å². The predicted molar refractivity (Wildman–Crippen MR) is 53.3 cm³/mol. The number of aliphatic imine (C=N–C) groups is 1. The van der Waals surface area contributed by atoms with Crippen LogP contribution in [0.15, 0.2) is 23.2 Å². The summed E-state index contributed by atoms with van der Waals surface area (Å²) in [7, 11) is 0. The topological polar surface area (TPSA) is 108 Å². The molecule has 4 N–H and O–H groups in total. The number of aryl methyl sites for hydroxylation is 1. The van der Waals surface area contributed by atoms with Gasteiger partial charge >= 0.3 is 0 Å². The summed E-state index contributed by atoms with van der Waals surface area (Å²) < 4.78 is 0. The normalized spacial score (nSPS) is 9.50. The minimum absolute atomic E-state index is 0.0319. The summed E-state index contributed by atoms with van der Waals surface area (Å²) in [6.45, 7) is 1.77. The zero-order valence-corrected chi connectivity index (χ0v) is 7.60. The van der Waals surface area contributed by atoms with Crippen LogP contribution >= 0.6 is 0 Å². The van der Waals surface area contributed by atoms with Gasteiger partial charge in [0.15, 0.2) is 5.96 Å². The van der Waals surface area contributed by atoms with Gasteiger partial charge in [0, 0.05) is 12.1 Å². The van der Waals surface area contributed by atoms with Crippen LogP contribution in [0, 0.1) is 17.0 Å². The molecule has 74 valence electrons. The van der Waals surface area contributed by atoms with E-state index in [4.69, 9.17) is 11.5 Å². The molecule has 0 radical (unpaired) electrons. The summed E-state index contributed by atoms with van der Waals surface area (Å²) in [4.78, 5) is 13.7. The first kappa shape index (κ1) is 9.97. The van der Waals surface area contributed by atoms with Gasteiger partial charge in [-0.25, -0.2) is 4.99 Å². The van der Waals surface area contributed by atoms with Crippen LogP contribution in [0.3, 0.4) is 0 Å². The molecule has 14 heavy (non-hydrogen) atoms. The third kappa shape index (κ3) is 2.19. The molecule has 0 unspecified atom stereocenters. The SMILES string of the molecule is Cc1ccc([N+](=O)[O-])cc1N=[14C](N)N. The van der Waals surface area contributed by atoms with Crippen LogP contribution in [-0.4, -0.2) is 10.9 Å². The number of benzene rings is 1. The number of nitro groups is 1. The number of non-ortho nitro benzene ring substituents is 1. The maximum absolute atomic E-state index is 10.4. The zero-order valence-electron chi connectivity index (χ0n) is 7.60. The second-order valence-electron chi connectivity index (χ2n) is 2.76. The van der Waals surface area contributed by atoms with Crippen molar-refractivity contribution in [2.75, 3.05) is 0 Å². The monoisotopic (exact) mass is 196 g/mol. The van der Waals surface area contributed by atoms with Crippen LogP contribution in [-0.2, 0) is 0 Å². The molecule has 0 fully saturated rings. The number of nitro benzene ring substituents is 1. The van der Waals surface area contributed by atoms with E-state index < -0.39 is 4.92 Å². The molecule has 0 amide bonds. The molecule has 1 aromatic carbocycles. The number of hydrogen-bond donors (Lipinski definition) is 2. The van der Waals surface area contributed by atoms with Gasteiger partial charge in [-0.3, -0.25) is 10.1 Å². The molecule has 0 bridgehead atoms. The van der Waals surface area contributed by atoms with Gasteiger partial charge in [-0.05, 0) is 12.5 Å². The first-order chi connectivity index (χ1) is 6.50. The van der Waals surface area contributed by atoms with Gasteiger partial charge in [0.2, 0.25) is 0 Å². The lowest BCUT2D eigenvalue weighted by Crippen LogP contribution is -2.22. The van der Waals surface area contributed by atoms with Crippen molar-refractivity contribution in [3.05, 3.63) is 33.9 Å². The Balaban J connectivity index is 3.22. The highest BCUT2D eigenvalue weighted by molar-refractivity contribution is 5.79. The molecule has 0 saturated heterocycles. The Labute approximate surface area is 80.4 Å². The van der Waals surface area contributed by atoms with Gasteiger partial charge in [-0.15, -0.1) is 0 Å². The van der Waals surface area contributed by atoms with Crippen LogP contribution in [0.2, 0.25) is 0 Å². The summed E-state index contributed by atoms with van der Waals surface area (Å²) >= 11 is 0. The fourth-order valence-corrected chi connectivity index (χ4v) is 0.971. The Morgan fingerprint density at radius 3 is 2.64 bits per heavy atom. The number of nitrogens with two attached hydrogens (primary N) is 2. The van der Waals surface area contributed by atoms with Gasteiger partial charge in [-0.1, -0.05) is 6.07 Å². The number of rotatable bonds is 2. The molecule has 0 aliphatic carbocycles. The highest BCUT2D eigenvalue weighted by atomic mass is 16.6. The van der Waals surface area contributed by atoms with Crippen molar-refractivity contribution in [2.24, 2.45) is 16.5 Å². The van der Waals surface area contributed by atoms with Gasteiger partial charge < -0.3 is 11.5 Å². The summed E-state index contributed by atoms with van der Waals surface area (Å²) in [6, 6.07) is 4.33. The van der Waals surface area contributed by atoms with Crippen molar-refractivity contribution in [3.8, 4) is 0 Å². The van der Waals surface area contributed by atoms with Crippen molar-refractivity contribution < 1.29 is 4.92 Å². The van der Waals surface area contributed by atoms with Crippen molar-refractivity contribution in [2.45, 2.75) is 6.92 Å². The van der Waals surface area contributed by atoms with Crippen molar-refractivity contribution in [1.29, 1.82) is 0 Å². The quantitative estimate of drug-likeness (QED) is 0.315. The molecule has 6 heteroatoms. The minimum Gasteiger partial charge on any atom is -0.370 e. The first-order valence-electron chi connectivity index (χ1n) is 3.85. The lowest BCUT2D eigenvalue weighted by molar-refractivity contribution is -0.384. The van der Waals surface area contributed by atoms with E-state index in [1.54, 1.807) is 13.0 Å². The second kappa shape index (κ2) is 3.73. The van der Waals surface area contributed by atoms with E-state index >= 15 is 0 Å². The number of guanidine groups is 1. The molecule has 0 atom stereocenters. The smallest absolute Gasteiger partial charge is 0.271 e. The molecule has 0 saturated carbocycles. The number of hydrogen-bond acceptors (Lipinski definition) is 3. The Morgan fingerprint density at radius 1 is 1.50 bits per heavy atom. The molecule has 0 spiro atoms. The Bertz CT molecular complexity index is 396. The maximum Gasteiger partial charge on any atom is 0.271 e. The standard InChI is InChI=1S/C8H10N4O2/c1-5-2-3-6(12(13)14)4-7(5)11-8(9)10/h2-4H,1H3,(H4,9,10,11)/i8+2. The Hall–Kier alpha value is -2.11. The van der Waals surface area contributed by atoms with E-state index in [1.807, 2.05) is 0 Å². The lowest BCUT2D eigenvalue weighted by atomic mass is 10.2. The van der Waals surface area contributed by atoms with Gasteiger partial charge in [0.05, 0.1) is 10.6 Å². The van der Waals surface area contributed by atoms with Crippen LogP contribution in [0.25, 0.3) is 0 Å². The summed E-state index contributed by atoms with van der Waals surface area (Å²) in [5, 5.41) is 10.4. The molecule has 1 aromatic rings. The van der Waals surface area contributed by atoms with Crippen LogP contribution < -0.4 is 11.5 Å². The maximum atomic E-state index is 10.4. The van der Waals surface area contributed by atoms with E-state index in [1.165, 1.54) is 12.1 Å². The predicted octanol–water partition coefficient (Wildman–Crippen LogP) is 0.808. The van der Waals surface area contributed by atoms with E-state index in [0.717, 1.165) is 5.56 Å². The average Bonchev–Trinajstić information content (AvgIpc) is 2.07. The highest BCUT2D eigenvalue weighted by Gasteiger charge is 2.07. The van der Waals surface area contributed by atoms with Crippen molar-refractivity contribution >= 4 is 17.3 Å². The largest absolute Gasteiger partial charge is 0.370 e. The van der Waals surface area contributed by atoms with E-state index in [-0.39, 0.29) is 11.6 Å². The van der Waals surface area contributed by atoms with Crippen molar-refractivity contribution in [3.63, 3.8) is 0 Å². The van der Waals surface area contributed by atoms with Gasteiger partial charge in [0.25, 0.3) is 5.69 Å². The van der Waals surface area contributed by atoms with Crippen LogP contribution in [0.1, 0.15) is 5.56 Å². The highest BCUT2D eigenvalue weighted by Crippen LogP contribution is 2.23. The molecule has 6 nitrogen and oxygen atoms in total. The summed E-state index contributed by atoms with van der Waals surface area (Å²) in [6.07, 6.45) is 0. The minimum atomic E-state index is -0.495. The Morgan fingerprint density at radius 2 is 2.14 bits per heavy atom. The second-order valence-corrected chi connectivity index (χ2v) is 2.76. The molecule has 0 heterocycles. The fourth-order valence-electron chi connectivity index (χ4n) is 0.971. The summed E-state index contributed by atoms with van der Waals surface area (Å²) in [5.74, 6) is -0.117. The fraction of sp³-hybridized carbons (Fsp3) is 0.125. The average molecular weight is 196 g/mol. The third-order valence-electron chi connectivity index (χ3n) is 1.65. The molecule has 0 aliphatic rings.